The SMILES string of the molecule is CCOCCOC(=O)C1=C(C)NC2=C(C(=O)[C@@H](C(=O)OC)[C@@H](C)C2)[C@@H]1c1ccccc1F. The minimum absolute atomic E-state index is 0.0229. The second-order valence-electron chi connectivity index (χ2n) is 7.89. The predicted molar refractivity (Wildman–Crippen MR) is 114 cm³/mol. The van der Waals surface area contributed by atoms with Crippen molar-refractivity contribution in [3.8, 4) is 0 Å². The number of allylic oxidation sites excluding steroid dienone is 3. The highest BCUT2D eigenvalue weighted by Crippen LogP contribution is 2.45. The van der Waals surface area contributed by atoms with Crippen molar-refractivity contribution in [1.29, 1.82) is 0 Å². The van der Waals surface area contributed by atoms with Crippen LogP contribution >= 0.6 is 0 Å². The first kappa shape index (κ1) is 23.7. The molecule has 2 aliphatic rings. The Balaban J connectivity index is 2.09. The summed E-state index contributed by atoms with van der Waals surface area (Å²) in [6, 6.07) is 5.99. The summed E-state index contributed by atoms with van der Waals surface area (Å²) in [6.07, 6.45) is 0.385. The zero-order chi connectivity index (χ0) is 23.4. The summed E-state index contributed by atoms with van der Waals surface area (Å²) >= 11 is 0. The summed E-state index contributed by atoms with van der Waals surface area (Å²) in [7, 11) is 1.23. The van der Waals surface area contributed by atoms with Gasteiger partial charge in [-0.3, -0.25) is 9.59 Å². The van der Waals surface area contributed by atoms with Gasteiger partial charge in [-0.15, -0.1) is 0 Å². The largest absolute Gasteiger partial charge is 0.468 e. The van der Waals surface area contributed by atoms with Crippen LogP contribution in [0.1, 0.15) is 38.7 Å². The average molecular weight is 445 g/mol. The number of hydrogen-bond acceptors (Lipinski definition) is 7. The summed E-state index contributed by atoms with van der Waals surface area (Å²) in [5, 5.41) is 3.14. The van der Waals surface area contributed by atoms with Crippen LogP contribution in [0.4, 0.5) is 4.39 Å². The average Bonchev–Trinajstić information content (AvgIpc) is 2.75. The molecule has 0 aromatic heterocycles. The molecule has 0 saturated heterocycles. The van der Waals surface area contributed by atoms with E-state index in [1.165, 1.54) is 25.3 Å². The topological polar surface area (TPSA) is 90.9 Å². The van der Waals surface area contributed by atoms with Crippen LogP contribution < -0.4 is 5.32 Å². The van der Waals surface area contributed by atoms with E-state index in [0.717, 1.165) is 0 Å². The quantitative estimate of drug-likeness (QED) is 0.392. The number of rotatable bonds is 7. The van der Waals surface area contributed by atoms with E-state index in [4.69, 9.17) is 14.2 Å². The molecule has 1 N–H and O–H groups in total. The number of ketones is 1. The molecule has 8 heteroatoms. The Labute approximate surface area is 186 Å². The van der Waals surface area contributed by atoms with Crippen molar-refractivity contribution >= 4 is 17.7 Å². The third-order valence-electron chi connectivity index (χ3n) is 5.84. The zero-order valence-corrected chi connectivity index (χ0v) is 18.7. The van der Waals surface area contributed by atoms with E-state index in [9.17, 15) is 18.8 Å². The second-order valence-corrected chi connectivity index (χ2v) is 7.89. The van der Waals surface area contributed by atoms with Gasteiger partial charge in [-0.25, -0.2) is 9.18 Å². The summed E-state index contributed by atoms with van der Waals surface area (Å²) in [5.41, 5.74) is 1.57. The molecule has 7 nitrogen and oxygen atoms in total. The molecule has 0 unspecified atom stereocenters. The van der Waals surface area contributed by atoms with Crippen LogP contribution in [0.15, 0.2) is 46.8 Å². The van der Waals surface area contributed by atoms with Crippen molar-refractivity contribution in [1.82, 2.24) is 5.32 Å². The van der Waals surface area contributed by atoms with Crippen LogP contribution in [-0.4, -0.2) is 44.7 Å². The maximum Gasteiger partial charge on any atom is 0.336 e. The van der Waals surface area contributed by atoms with E-state index < -0.39 is 35.4 Å². The normalized spacial score (nSPS) is 22.9. The van der Waals surface area contributed by atoms with Crippen molar-refractivity contribution < 1.29 is 33.0 Å². The fraction of sp³-hybridized carbons (Fsp3) is 0.458. The van der Waals surface area contributed by atoms with Crippen molar-refractivity contribution in [3.63, 3.8) is 0 Å². The molecule has 32 heavy (non-hydrogen) atoms. The monoisotopic (exact) mass is 445 g/mol. The Morgan fingerprint density at radius 1 is 1.22 bits per heavy atom. The van der Waals surface area contributed by atoms with Crippen LogP contribution in [0.25, 0.3) is 0 Å². The van der Waals surface area contributed by atoms with Gasteiger partial charge in [0.1, 0.15) is 18.3 Å². The van der Waals surface area contributed by atoms with E-state index in [1.54, 1.807) is 19.9 Å². The number of methoxy groups -OCH3 is 1. The van der Waals surface area contributed by atoms with E-state index in [2.05, 4.69) is 5.32 Å². The van der Waals surface area contributed by atoms with Crippen LogP contribution in [0, 0.1) is 17.7 Å². The lowest BCUT2D eigenvalue weighted by Crippen LogP contribution is -2.43. The second kappa shape index (κ2) is 10.1. The molecule has 0 spiro atoms. The Morgan fingerprint density at radius 2 is 1.94 bits per heavy atom. The molecule has 0 amide bonds. The Morgan fingerprint density at radius 3 is 2.59 bits per heavy atom. The maximum atomic E-state index is 14.9. The van der Waals surface area contributed by atoms with Crippen molar-refractivity contribution in [2.24, 2.45) is 11.8 Å². The van der Waals surface area contributed by atoms with Crippen molar-refractivity contribution in [2.45, 2.75) is 33.1 Å². The Hall–Kier alpha value is -3.00. The molecule has 1 aliphatic carbocycles. The van der Waals surface area contributed by atoms with Gasteiger partial charge in [-0.05, 0) is 32.3 Å². The lowest BCUT2D eigenvalue weighted by Gasteiger charge is -2.38. The molecule has 0 radical (unpaired) electrons. The van der Waals surface area contributed by atoms with Gasteiger partial charge in [0, 0.05) is 29.1 Å². The number of hydrogen-bond donors (Lipinski definition) is 1. The molecule has 1 aromatic carbocycles. The van der Waals surface area contributed by atoms with E-state index >= 15 is 0 Å². The van der Waals surface area contributed by atoms with Gasteiger partial charge in [-0.1, -0.05) is 25.1 Å². The highest BCUT2D eigenvalue weighted by Gasteiger charge is 2.47. The highest BCUT2D eigenvalue weighted by molar-refractivity contribution is 6.12. The number of ether oxygens (including phenoxy) is 3. The smallest absolute Gasteiger partial charge is 0.336 e. The van der Waals surface area contributed by atoms with E-state index in [0.29, 0.717) is 24.4 Å². The summed E-state index contributed by atoms with van der Waals surface area (Å²) in [6.45, 7) is 6.04. The maximum absolute atomic E-state index is 14.9. The number of nitrogens with one attached hydrogen (secondary N) is 1. The minimum atomic E-state index is -1.02. The van der Waals surface area contributed by atoms with Crippen LogP contribution in [0.3, 0.4) is 0 Å². The number of carbonyl (C=O) groups excluding carboxylic acids is 3. The third kappa shape index (κ3) is 4.46. The van der Waals surface area contributed by atoms with Gasteiger partial charge < -0.3 is 19.5 Å². The number of esters is 2. The summed E-state index contributed by atoms with van der Waals surface area (Å²) in [4.78, 5) is 39.0. The van der Waals surface area contributed by atoms with Crippen LogP contribution in [0.2, 0.25) is 0 Å². The zero-order valence-electron chi connectivity index (χ0n) is 18.7. The number of benzene rings is 1. The minimum Gasteiger partial charge on any atom is -0.468 e. The van der Waals surface area contributed by atoms with Crippen molar-refractivity contribution in [2.75, 3.05) is 26.9 Å². The number of carbonyl (C=O) groups is 3. The first-order valence-electron chi connectivity index (χ1n) is 10.6. The summed E-state index contributed by atoms with van der Waals surface area (Å²) < 4.78 is 30.4. The molecule has 1 aromatic rings. The van der Waals surface area contributed by atoms with Gasteiger partial charge in [0.2, 0.25) is 0 Å². The molecule has 3 atom stereocenters. The standard InChI is InChI=1S/C24H28FNO6/c1-5-31-10-11-32-24(29)19-14(3)26-17-12-13(2)18(23(28)30-4)22(27)21(17)20(19)15-8-6-7-9-16(15)25/h6-9,13,18,20,26H,5,10-12H2,1-4H3/t13-,18-,20+/m0/s1. The molecular formula is C24H28FNO6. The lowest BCUT2D eigenvalue weighted by molar-refractivity contribution is -0.151. The van der Waals surface area contributed by atoms with Crippen molar-refractivity contribution in [3.05, 3.63) is 58.2 Å². The molecule has 1 heterocycles. The molecule has 0 saturated carbocycles. The van der Waals surface area contributed by atoms with Gasteiger partial charge in [0.05, 0.1) is 25.2 Å². The lowest BCUT2D eigenvalue weighted by atomic mass is 9.69. The number of Topliss-reactive ketones (excluding diaryl/α,β-unsaturated/α-hetero) is 1. The first-order valence-corrected chi connectivity index (χ1v) is 10.6. The molecule has 1 aliphatic heterocycles. The van der Waals surface area contributed by atoms with Gasteiger partial charge in [0.25, 0.3) is 0 Å². The fourth-order valence-electron chi connectivity index (χ4n) is 4.39. The molecule has 0 fully saturated rings. The summed E-state index contributed by atoms with van der Waals surface area (Å²) in [5.74, 6) is -4.68. The fourth-order valence-corrected chi connectivity index (χ4v) is 4.39. The van der Waals surface area contributed by atoms with E-state index in [1.807, 2.05) is 6.92 Å². The third-order valence-corrected chi connectivity index (χ3v) is 5.84. The van der Waals surface area contributed by atoms with Crippen LogP contribution in [-0.2, 0) is 28.6 Å². The predicted octanol–water partition coefficient (Wildman–Crippen LogP) is 3.02. The van der Waals surface area contributed by atoms with Crippen LogP contribution in [0.5, 0.6) is 0 Å². The first-order chi connectivity index (χ1) is 15.3. The molecular weight excluding hydrogens is 417 g/mol. The van der Waals surface area contributed by atoms with E-state index in [-0.39, 0.29) is 35.8 Å². The Bertz CT molecular complexity index is 982. The van der Waals surface area contributed by atoms with Gasteiger partial charge in [-0.2, -0.15) is 0 Å². The van der Waals surface area contributed by atoms with Gasteiger partial charge >= 0.3 is 11.9 Å². The molecule has 3 rings (SSSR count). The number of dihydropyridines is 1. The number of halogens is 1. The van der Waals surface area contributed by atoms with Gasteiger partial charge in [0.15, 0.2) is 5.78 Å². The highest BCUT2D eigenvalue weighted by atomic mass is 19.1. The Kier molecular flexibility index (Phi) is 7.45. The molecule has 0 bridgehead atoms. The molecule has 172 valence electrons.